The van der Waals surface area contributed by atoms with Crippen LogP contribution in [0.15, 0.2) is 55.2 Å². The Labute approximate surface area is 184 Å². The maximum absolute atomic E-state index is 12.5. The quantitative estimate of drug-likeness (QED) is 0.476. The molecule has 0 aliphatic carbocycles. The molecule has 1 atom stereocenters. The van der Waals surface area contributed by atoms with Gasteiger partial charge in [0, 0.05) is 43.2 Å². The standard InChI is InChI=1S/C24H24N4O2S/c1-15(25-2)16-5-7-17(8-6-16)20-14-28-21-10-9-18(12-22(21)31-24(28)27-20)23(29)26-13-19-4-3-11-30-19/h5-10,12,14,19,25H,1,3-4,11,13H2,2H3,(H,26,29). The fourth-order valence-corrected chi connectivity index (χ4v) is 4.93. The Balaban J connectivity index is 1.37. The molecule has 4 aromatic rings. The van der Waals surface area contributed by atoms with E-state index in [-0.39, 0.29) is 12.0 Å². The van der Waals surface area contributed by atoms with E-state index in [1.807, 2.05) is 43.6 Å². The Hall–Kier alpha value is -3.16. The van der Waals surface area contributed by atoms with Crippen molar-refractivity contribution in [1.82, 2.24) is 20.0 Å². The van der Waals surface area contributed by atoms with Gasteiger partial charge in [0.25, 0.3) is 5.91 Å². The molecule has 3 heterocycles. The van der Waals surface area contributed by atoms with Crippen LogP contribution in [0, 0.1) is 0 Å². The Bertz CT molecular complexity index is 1270. The van der Waals surface area contributed by atoms with Gasteiger partial charge < -0.3 is 15.4 Å². The number of amides is 1. The lowest BCUT2D eigenvalue weighted by Crippen LogP contribution is -2.31. The number of imidazole rings is 1. The molecular weight excluding hydrogens is 408 g/mol. The van der Waals surface area contributed by atoms with Crippen molar-refractivity contribution in [3.05, 3.63) is 66.4 Å². The summed E-state index contributed by atoms with van der Waals surface area (Å²) in [6.45, 7) is 5.35. The predicted molar refractivity (Wildman–Crippen MR) is 125 cm³/mol. The first-order valence-corrected chi connectivity index (χ1v) is 11.2. The minimum atomic E-state index is -0.0626. The minimum Gasteiger partial charge on any atom is -0.388 e. The van der Waals surface area contributed by atoms with E-state index in [2.05, 4.69) is 33.7 Å². The molecule has 7 heteroatoms. The van der Waals surface area contributed by atoms with Crippen LogP contribution in [0.25, 0.3) is 32.1 Å². The normalized spacial score (nSPS) is 16.1. The zero-order valence-electron chi connectivity index (χ0n) is 17.4. The van der Waals surface area contributed by atoms with Gasteiger partial charge in [-0.3, -0.25) is 9.20 Å². The van der Waals surface area contributed by atoms with Gasteiger partial charge in [-0.2, -0.15) is 0 Å². The first-order valence-electron chi connectivity index (χ1n) is 10.4. The van der Waals surface area contributed by atoms with E-state index >= 15 is 0 Å². The van der Waals surface area contributed by atoms with Crippen molar-refractivity contribution >= 4 is 38.1 Å². The molecule has 2 N–H and O–H groups in total. The molecule has 2 aromatic heterocycles. The van der Waals surface area contributed by atoms with Crippen molar-refractivity contribution in [2.24, 2.45) is 0 Å². The highest BCUT2D eigenvalue weighted by Gasteiger charge is 2.17. The molecule has 1 aliphatic heterocycles. The van der Waals surface area contributed by atoms with Gasteiger partial charge in [-0.1, -0.05) is 42.2 Å². The summed E-state index contributed by atoms with van der Waals surface area (Å²) in [7, 11) is 1.87. The summed E-state index contributed by atoms with van der Waals surface area (Å²) in [6.07, 6.45) is 4.27. The fraction of sp³-hybridized carbons (Fsp3) is 0.250. The number of hydrogen-bond acceptors (Lipinski definition) is 5. The van der Waals surface area contributed by atoms with Crippen molar-refractivity contribution in [1.29, 1.82) is 0 Å². The number of carbonyl (C=O) groups excluding carboxylic acids is 1. The second-order valence-electron chi connectivity index (χ2n) is 7.71. The molecule has 0 spiro atoms. The number of rotatable bonds is 6. The number of aromatic nitrogens is 2. The number of thiazole rings is 1. The zero-order chi connectivity index (χ0) is 21.4. The van der Waals surface area contributed by atoms with Crippen LogP contribution in [-0.4, -0.2) is 41.6 Å². The maximum Gasteiger partial charge on any atom is 0.251 e. The van der Waals surface area contributed by atoms with Crippen LogP contribution < -0.4 is 10.6 Å². The van der Waals surface area contributed by atoms with Gasteiger partial charge >= 0.3 is 0 Å². The van der Waals surface area contributed by atoms with Gasteiger partial charge in [0.1, 0.15) is 0 Å². The van der Waals surface area contributed by atoms with Crippen LogP contribution in [0.2, 0.25) is 0 Å². The second-order valence-corrected chi connectivity index (χ2v) is 8.72. The molecule has 2 aromatic carbocycles. The lowest BCUT2D eigenvalue weighted by molar-refractivity contribution is 0.0858. The summed E-state index contributed by atoms with van der Waals surface area (Å²) < 4.78 is 8.71. The minimum absolute atomic E-state index is 0.0626. The molecule has 1 aliphatic rings. The van der Waals surface area contributed by atoms with Gasteiger partial charge in [-0.15, -0.1) is 0 Å². The zero-order valence-corrected chi connectivity index (χ0v) is 18.2. The molecule has 6 nitrogen and oxygen atoms in total. The van der Waals surface area contributed by atoms with Crippen molar-refractivity contribution in [3.63, 3.8) is 0 Å². The highest BCUT2D eigenvalue weighted by atomic mass is 32.1. The Kier molecular flexibility index (Phi) is 5.21. The second kappa shape index (κ2) is 8.17. The number of hydrogen-bond donors (Lipinski definition) is 2. The number of nitrogens with one attached hydrogen (secondary N) is 2. The van der Waals surface area contributed by atoms with Gasteiger partial charge in [0.05, 0.1) is 22.0 Å². The molecule has 1 fully saturated rings. The molecule has 0 bridgehead atoms. The van der Waals surface area contributed by atoms with Crippen molar-refractivity contribution in [3.8, 4) is 11.3 Å². The molecular formula is C24H24N4O2S. The third-order valence-corrected chi connectivity index (χ3v) is 6.72. The SMILES string of the molecule is C=C(NC)c1ccc(-c2cn3c(n2)sc2cc(C(=O)NCC4CCCO4)ccc23)cc1. The third-order valence-electron chi connectivity index (χ3n) is 5.70. The van der Waals surface area contributed by atoms with Crippen LogP contribution in [0.4, 0.5) is 0 Å². The van der Waals surface area contributed by atoms with E-state index in [9.17, 15) is 4.79 Å². The Morgan fingerprint density at radius 3 is 2.81 bits per heavy atom. The summed E-state index contributed by atoms with van der Waals surface area (Å²) in [5, 5.41) is 6.05. The average Bonchev–Trinajstić information content (AvgIpc) is 3.53. The van der Waals surface area contributed by atoms with E-state index in [0.717, 1.165) is 57.1 Å². The summed E-state index contributed by atoms with van der Waals surface area (Å²) in [5.41, 5.74) is 5.64. The van der Waals surface area contributed by atoms with Crippen LogP contribution >= 0.6 is 11.3 Å². The number of benzene rings is 2. The summed E-state index contributed by atoms with van der Waals surface area (Å²) in [4.78, 5) is 18.3. The summed E-state index contributed by atoms with van der Waals surface area (Å²) >= 11 is 1.59. The Morgan fingerprint density at radius 2 is 2.06 bits per heavy atom. The van der Waals surface area contributed by atoms with Gasteiger partial charge in [0.2, 0.25) is 0 Å². The van der Waals surface area contributed by atoms with Crippen LogP contribution in [0.5, 0.6) is 0 Å². The van der Waals surface area contributed by atoms with E-state index in [0.29, 0.717) is 12.1 Å². The third kappa shape index (κ3) is 3.82. The molecule has 1 saturated heterocycles. The first kappa shape index (κ1) is 19.8. The molecule has 5 rings (SSSR count). The highest BCUT2D eigenvalue weighted by molar-refractivity contribution is 7.23. The topological polar surface area (TPSA) is 67.7 Å². The molecule has 0 radical (unpaired) electrons. The first-order chi connectivity index (χ1) is 15.1. The van der Waals surface area contributed by atoms with E-state index in [4.69, 9.17) is 9.72 Å². The van der Waals surface area contributed by atoms with Crippen molar-refractivity contribution in [2.45, 2.75) is 18.9 Å². The molecule has 1 unspecified atom stereocenters. The number of fused-ring (bicyclic) bond motifs is 3. The number of nitrogens with zero attached hydrogens (tertiary/aromatic N) is 2. The lowest BCUT2D eigenvalue weighted by atomic mass is 10.1. The van der Waals surface area contributed by atoms with Gasteiger partial charge in [-0.05, 0) is 36.6 Å². The van der Waals surface area contributed by atoms with Crippen LogP contribution in [-0.2, 0) is 4.74 Å². The predicted octanol–water partition coefficient (Wildman–Crippen LogP) is 4.31. The summed E-state index contributed by atoms with van der Waals surface area (Å²) in [6, 6.07) is 14.0. The monoisotopic (exact) mass is 432 g/mol. The number of carbonyl (C=O) groups is 1. The smallest absolute Gasteiger partial charge is 0.251 e. The maximum atomic E-state index is 12.5. The number of ether oxygens (including phenoxy) is 1. The summed E-state index contributed by atoms with van der Waals surface area (Å²) in [5.74, 6) is -0.0626. The van der Waals surface area contributed by atoms with E-state index < -0.39 is 0 Å². The molecule has 31 heavy (non-hydrogen) atoms. The molecule has 158 valence electrons. The average molecular weight is 433 g/mol. The molecule has 1 amide bonds. The van der Waals surface area contributed by atoms with Crippen molar-refractivity contribution < 1.29 is 9.53 Å². The fourth-order valence-electron chi connectivity index (χ4n) is 3.88. The van der Waals surface area contributed by atoms with Crippen LogP contribution in [0.1, 0.15) is 28.8 Å². The Morgan fingerprint density at radius 1 is 1.26 bits per heavy atom. The van der Waals surface area contributed by atoms with Gasteiger partial charge in [0.15, 0.2) is 4.96 Å². The van der Waals surface area contributed by atoms with E-state index in [1.54, 1.807) is 11.3 Å². The van der Waals surface area contributed by atoms with Gasteiger partial charge in [-0.25, -0.2) is 4.98 Å². The van der Waals surface area contributed by atoms with Crippen LogP contribution in [0.3, 0.4) is 0 Å². The largest absolute Gasteiger partial charge is 0.388 e. The highest BCUT2D eigenvalue weighted by Crippen LogP contribution is 2.30. The van der Waals surface area contributed by atoms with Crippen molar-refractivity contribution in [2.75, 3.05) is 20.2 Å². The lowest BCUT2D eigenvalue weighted by Gasteiger charge is -2.10. The molecule has 0 saturated carbocycles. The van der Waals surface area contributed by atoms with E-state index in [1.165, 1.54) is 0 Å².